The first kappa shape index (κ1) is 16.9. The van der Waals surface area contributed by atoms with Gasteiger partial charge in [0.15, 0.2) is 0 Å². The Bertz CT molecular complexity index is 796. The number of pyridine rings is 1. The number of benzene rings is 1. The molecular weight excluding hydrogens is 323 g/mol. The maximum absolute atomic E-state index is 13.3. The number of nitrogens with zero attached hydrogens (tertiary/aromatic N) is 2. The third kappa shape index (κ3) is 3.93. The summed E-state index contributed by atoms with van der Waals surface area (Å²) in [6.07, 6.45) is 1.83. The maximum Gasteiger partial charge on any atom is 0.255 e. The number of carbonyl (C=O) groups excluding carboxylic acids is 2. The second kappa shape index (κ2) is 7.29. The van der Waals surface area contributed by atoms with Crippen LogP contribution in [0.5, 0.6) is 0 Å². The average molecular weight is 342 g/mol. The Morgan fingerprint density at radius 2 is 2.20 bits per heavy atom. The SMILES string of the molecule is CNc1ncccc1C(=O)N[C@@H]1CC(=O)N(Cc2cccc(F)c2)C1. The van der Waals surface area contributed by atoms with Crippen molar-refractivity contribution in [3.63, 3.8) is 0 Å². The topological polar surface area (TPSA) is 74.3 Å². The number of amides is 2. The highest BCUT2D eigenvalue weighted by atomic mass is 19.1. The van der Waals surface area contributed by atoms with Gasteiger partial charge in [0.1, 0.15) is 11.6 Å². The van der Waals surface area contributed by atoms with Crippen molar-refractivity contribution in [1.29, 1.82) is 0 Å². The molecule has 2 amide bonds. The Morgan fingerprint density at radius 3 is 2.96 bits per heavy atom. The van der Waals surface area contributed by atoms with Gasteiger partial charge in [-0.1, -0.05) is 12.1 Å². The van der Waals surface area contributed by atoms with Crippen molar-refractivity contribution in [2.24, 2.45) is 0 Å². The lowest BCUT2D eigenvalue weighted by atomic mass is 10.2. The van der Waals surface area contributed by atoms with Crippen molar-refractivity contribution in [2.75, 3.05) is 18.9 Å². The van der Waals surface area contributed by atoms with Crippen LogP contribution in [0, 0.1) is 5.82 Å². The molecule has 3 rings (SSSR count). The van der Waals surface area contributed by atoms with Gasteiger partial charge in [0.25, 0.3) is 5.91 Å². The molecule has 2 aromatic rings. The Morgan fingerprint density at radius 1 is 1.36 bits per heavy atom. The lowest BCUT2D eigenvalue weighted by Crippen LogP contribution is -2.37. The van der Waals surface area contributed by atoms with E-state index in [0.29, 0.717) is 24.5 Å². The van der Waals surface area contributed by atoms with E-state index >= 15 is 0 Å². The number of hydrogen-bond donors (Lipinski definition) is 2. The van der Waals surface area contributed by atoms with E-state index in [1.807, 2.05) is 0 Å². The fourth-order valence-electron chi connectivity index (χ4n) is 2.93. The van der Waals surface area contributed by atoms with E-state index in [0.717, 1.165) is 5.56 Å². The number of rotatable bonds is 5. The molecule has 0 spiro atoms. The quantitative estimate of drug-likeness (QED) is 0.869. The molecule has 1 aliphatic heterocycles. The molecule has 2 heterocycles. The number of likely N-dealkylation sites (tertiary alicyclic amines) is 1. The summed E-state index contributed by atoms with van der Waals surface area (Å²) in [6.45, 7) is 0.730. The van der Waals surface area contributed by atoms with Gasteiger partial charge in [-0.05, 0) is 29.8 Å². The van der Waals surface area contributed by atoms with E-state index < -0.39 is 0 Å². The van der Waals surface area contributed by atoms with Crippen LogP contribution in [0.15, 0.2) is 42.6 Å². The minimum atomic E-state index is -0.329. The zero-order chi connectivity index (χ0) is 17.8. The van der Waals surface area contributed by atoms with Crippen LogP contribution in [-0.2, 0) is 11.3 Å². The van der Waals surface area contributed by atoms with Crippen LogP contribution in [0.2, 0.25) is 0 Å². The summed E-state index contributed by atoms with van der Waals surface area (Å²) >= 11 is 0. The summed E-state index contributed by atoms with van der Waals surface area (Å²) in [5, 5.41) is 5.74. The molecule has 0 bridgehead atoms. The van der Waals surface area contributed by atoms with Gasteiger partial charge in [-0.25, -0.2) is 9.37 Å². The Labute approximate surface area is 145 Å². The van der Waals surface area contributed by atoms with E-state index in [9.17, 15) is 14.0 Å². The molecule has 1 saturated heterocycles. The number of nitrogens with one attached hydrogen (secondary N) is 2. The van der Waals surface area contributed by atoms with Crippen molar-refractivity contribution >= 4 is 17.6 Å². The highest BCUT2D eigenvalue weighted by Crippen LogP contribution is 2.17. The Kier molecular flexibility index (Phi) is 4.92. The molecule has 6 nitrogen and oxygen atoms in total. The molecular formula is C18H19FN4O2. The number of anilines is 1. The molecule has 1 atom stereocenters. The summed E-state index contributed by atoms with van der Waals surface area (Å²) in [4.78, 5) is 30.3. The first-order chi connectivity index (χ1) is 12.1. The van der Waals surface area contributed by atoms with Crippen molar-refractivity contribution in [1.82, 2.24) is 15.2 Å². The molecule has 0 radical (unpaired) electrons. The van der Waals surface area contributed by atoms with E-state index in [2.05, 4.69) is 15.6 Å². The first-order valence-electron chi connectivity index (χ1n) is 8.02. The van der Waals surface area contributed by atoms with E-state index in [1.54, 1.807) is 42.4 Å². The minimum absolute atomic E-state index is 0.0606. The molecule has 0 aliphatic carbocycles. The number of aromatic nitrogens is 1. The summed E-state index contributed by atoms with van der Waals surface area (Å²) in [7, 11) is 1.69. The zero-order valence-corrected chi connectivity index (χ0v) is 13.8. The fraction of sp³-hybridized carbons (Fsp3) is 0.278. The highest BCUT2D eigenvalue weighted by molar-refractivity contribution is 5.99. The number of carbonyl (C=O) groups is 2. The molecule has 1 aromatic carbocycles. The van der Waals surface area contributed by atoms with Crippen LogP contribution in [-0.4, -0.2) is 41.3 Å². The average Bonchev–Trinajstić information content (AvgIpc) is 2.94. The predicted octanol–water partition coefficient (Wildman–Crippen LogP) is 1.79. The van der Waals surface area contributed by atoms with Crippen LogP contribution in [0.25, 0.3) is 0 Å². The summed E-state index contributed by atoms with van der Waals surface area (Å²) < 4.78 is 13.3. The summed E-state index contributed by atoms with van der Waals surface area (Å²) in [6, 6.07) is 9.25. The minimum Gasteiger partial charge on any atom is -0.372 e. The molecule has 7 heteroatoms. The van der Waals surface area contributed by atoms with Gasteiger partial charge in [-0.2, -0.15) is 0 Å². The molecule has 0 saturated carbocycles. The molecule has 1 aliphatic rings. The standard InChI is InChI=1S/C18H19FN4O2/c1-20-17-15(6-3-7-21-17)18(25)22-14-9-16(24)23(11-14)10-12-4-2-5-13(19)8-12/h2-8,14H,9-11H2,1H3,(H,20,21)(H,22,25)/t14-/m1/s1. The predicted molar refractivity (Wildman–Crippen MR) is 91.5 cm³/mol. The van der Waals surface area contributed by atoms with Gasteiger partial charge in [-0.15, -0.1) is 0 Å². The zero-order valence-electron chi connectivity index (χ0n) is 13.8. The van der Waals surface area contributed by atoms with Crippen LogP contribution in [0.1, 0.15) is 22.3 Å². The lowest BCUT2D eigenvalue weighted by Gasteiger charge is -2.17. The van der Waals surface area contributed by atoms with Gasteiger partial charge in [0, 0.05) is 32.8 Å². The second-order valence-electron chi connectivity index (χ2n) is 5.93. The van der Waals surface area contributed by atoms with Gasteiger partial charge >= 0.3 is 0 Å². The third-order valence-electron chi connectivity index (χ3n) is 4.10. The van der Waals surface area contributed by atoms with Gasteiger partial charge in [0.2, 0.25) is 5.91 Å². The Hall–Kier alpha value is -2.96. The number of halogens is 1. The molecule has 25 heavy (non-hydrogen) atoms. The van der Waals surface area contributed by atoms with Gasteiger partial charge in [0.05, 0.1) is 11.6 Å². The lowest BCUT2D eigenvalue weighted by molar-refractivity contribution is -0.128. The monoisotopic (exact) mass is 342 g/mol. The van der Waals surface area contributed by atoms with E-state index in [4.69, 9.17) is 0 Å². The normalized spacial score (nSPS) is 16.8. The molecule has 2 N–H and O–H groups in total. The maximum atomic E-state index is 13.3. The van der Waals surface area contributed by atoms with Crippen LogP contribution < -0.4 is 10.6 Å². The van der Waals surface area contributed by atoms with E-state index in [1.165, 1.54) is 12.1 Å². The molecule has 0 unspecified atom stereocenters. The van der Waals surface area contributed by atoms with Crippen molar-refractivity contribution in [3.8, 4) is 0 Å². The van der Waals surface area contributed by atoms with Crippen molar-refractivity contribution < 1.29 is 14.0 Å². The fourth-order valence-corrected chi connectivity index (χ4v) is 2.93. The number of hydrogen-bond acceptors (Lipinski definition) is 4. The second-order valence-corrected chi connectivity index (χ2v) is 5.93. The van der Waals surface area contributed by atoms with Crippen LogP contribution in [0.4, 0.5) is 10.2 Å². The van der Waals surface area contributed by atoms with Crippen LogP contribution >= 0.6 is 0 Å². The van der Waals surface area contributed by atoms with Crippen LogP contribution in [0.3, 0.4) is 0 Å². The largest absolute Gasteiger partial charge is 0.372 e. The smallest absolute Gasteiger partial charge is 0.255 e. The molecule has 130 valence electrons. The third-order valence-corrected chi connectivity index (χ3v) is 4.10. The first-order valence-corrected chi connectivity index (χ1v) is 8.02. The van der Waals surface area contributed by atoms with Crippen molar-refractivity contribution in [3.05, 3.63) is 59.5 Å². The summed E-state index contributed by atoms with van der Waals surface area (Å²) in [5.74, 6) is -0.177. The van der Waals surface area contributed by atoms with Gasteiger partial charge in [-0.3, -0.25) is 9.59 Å². The molecule has 1 aromatic heterocycles. The van der Waals surface area contributed by atoms with E-state index in [-0.39, 0.29) is 30.1 Å². The molecule has 1 fully saturated rings. The summed E-state index contributed by atoms with van der Waals surface area (Å²) in [5.41, 5.74) is 1.16. The van der Waals surface area contributed by atoms with Gasteiger partial charge < -0.3 is 15.5 Å². The highest BCUT2D eigenvalue weighted by Gasteiger charge is 2.31. The van der Waals surface area contributed by atoms with Crippen molar-refractivity contribution in [2.45, 2.75) is 19.0 Å². The Balaban J connectivity index is 1.63.